The minimum atomic E-state index is -4.52. The van der Waals surface area contributed by atoms with Gasteiger partial charge in [-0.2, -0.15) is 13.2 Å². The summed E-state index contributed by atoms with van der Waals surface area (Å²) in [6.07, 6.45) is -4.68. The molecule has 0 fully saturated rings. The zero-order chi connectivity index (χ0) is 21.8. The highest BCUT2D eigenvalue weighted by molar-refractivity contribution is 7.92. The molecule has 1 aromatic carbocycles. The molecule has 0 aliphatic heterocycles. The number of sulfonamides is 1. The van der Waals surface area contributed by atoms with E-state index in [4.69, 9.17) is 4.74 Å². The van der Waals surface area contributed by atoms with Crippen LogP contribution in [0, 0.1) is 0 Å². The van der Waals surface area contributed by atoms with Crippen molar-refractivity contribution in [3.63, 3.8) is 0 Å². The molecule has 0 aliphatic carbocycles. The fourth-order valence-corrected chi connectivity index (χ4v) is 3.13. The Labute approximate surface area is 164 Å². The molecule has 1 aromatic heterocycles. The smallest absolute Gasteiger partial charge is 0.417 e. The van der Waals surface area contributed by atoms with Crippen molar-refractivity contribution in [1.82, 2.24) is 4.98 Å². The number of aliphatic hydroxyl groups is 1. The molecule has 0 saturated carbocycles. The topological polar surface area (TPSA) is 106 Å². The van der Waals surface area contributed by atoms with Crippen LogP contribution in [0.1, 0.15) is 5.56 Å². The average Bonchev–Trinajstić information content (AvgIpc) is 2.65. The van der Waals surface area contributed by atoms with Gasteiger partial charge in [0.1, 0.15) is 5.75 Å². The number of esters is 1. The lowest BCUT2D eigenvalue weighted by atomic mass is 10.2. The summed E-state index contributed by atoms with van der Waals surface area (Å²) in [5, 5.41) is 9.75. The molecule has 0 amide bonds. The van der Waals surface area contributed by atoms with E-state index in [1.807, 2.05) is 0 Å². The molecule has 0 spiro atoms. The number of nitrogens with zero attached hydrogens (tertiary/aromatic N) is 2. The summed E-state index contributed by atoms with van der Waals surface area (Å²) >= 11 is 0. The number of aromatic nitrogens is 1. The van der Waals surface area contributed by atoms with Gasteiger partial charge in [0.15, 0.2) is 6.10 Å². The summed E-state index contributed by atoms with van der Waals surface area (Å²) in [5.41, 5.74) is -0.795. The third kappa shape index (κ3) is 6.06. The van der Waals surface area contributed by atoms with E-state index < -0.39 is 40.4 Å². The maximum absolute atomic E-state index is 12.5. The molecule has 0 saturated heterocycles. The monoisotopic (exact) mass is 434 g/mol. The van der Waals surface area contributed by atoms with Crippen molar-refractivity contribution in [2.45, 2.75) is 12.3 Å². The van der Waals surface area contributed by atoms with E-state index in [0.29, 0.717) is 6.20 Å². The lowest BCUT2D eigenvalue weighted by Crippen LogP contribution is -2.40. The normalized spacial score (nSPS) is 12.9. The van der Waals surface area contributed by atoms with Gasteiger partial charge >= 0.3 is 12.1 Å². The highest BCUT2D eigenvalue weighted by Crippen LogP contribution is 2.30. The van der Waals surface area contributed by atoms with Crippen LogP contribution < -0.4 is 9.04 Å². The van der Waals surface area contributed by atoms with Crippen molar-refractivity contribution in [2.24, 2.45) is 0 Å². The molecule has 0 bridgehead atoms. The van der Waals surface area contributed by atoms with Gasteiger partial charge in [0, 0.05) is 12.3 Å². The van der Waals surface area contributed by atoms with Gasteiger partial charge in [0.2, 0.25) is 15.9 Å². The van der Waals surface area contributed by atoms with Crippen molar-refractivity contribution in [1.29, 1.82) is 0 Å². The van der Waals surface area contributed by atoms with Gasteiger partial charge in [-0.25, -0.2) is 18.2 Å². The first kappa shape index (κ1) is 22.4. The zero-order valence-electron chi connectivity index (χ0n) is 15.3. The lowest BCUT2D eigenvalue weighted by Gasteiger charge is -2.24. The van der Waals surface area contributed by atoms with Crippen molar-refractivity contribution >= 4 is 21.7 Å². The average molecular weight is 434 g/mol. The number of alkyl halides is 3. The Bertz CT molecular complexity index is 947. The number of benzene rings is 1. The first-order valence-corrected chi connectivity index (χ1v) is 9.81. The number of aliphatic hydroxyl groups excluding tert-OH is 1. The highest BCUT2D eigenvalue weighted by Gasteiger charge is 2.30. The van der Waals surface area contributed by atoms with Crippen LogP contribution in [0.3, 0.4) is 0 Å². The number of carbonyl (C=O) groups is 1. The number of anilines is 1. The Morgan fingerprint density at radius 2 is 1.83 bits per heavy atom. The third-order valence-corrected chi connectivity index (χ3v) is 4.78. The predicted molar refractivity (Wildman–Crippen MR) is 96.0 cm³/mol. The molecule has 1 N–H and O–H groups in total. The number of methoxy groups -OCH3 is 1. The van der Waals surface area contributed by atoms with Crippen LogP contribution in [0.4, 0.5) is 18.9 Å². The summed E-state index contributed by atoms with van der Waals surface area (Å²) in [6, 6.07) is 7.26. The largest absolute Gasteiger partial charge is 0.467 e. The second kappa shape index (κ2) is 8.66. The van der Waals surface area contributed by atoms with Gasteiger partial charge in [-0.1, -0.05) is 0 Å². The van der Waals surface area contributed by atoms with E-state index >= 15 is 0 Å². The lowest BCUT2D eigenvalue weighted by molar-refractivity contribution is -0.149. The predicted octanol–water partition coefficient (Wildman–Crippen LogP) is 2.19. The number of hydrogen-bond donors (Lipinski definition) is 1. The van der Waals surface area contributed by atoms with Crippen molar-refractivity contribution < 1.29 is 41.0 Å². The molecule has 8 nitrogen and oxygen atoms in total. The third-order valence-electron chi connectivity index (χ3n) is 3.62. The highest BCUT2D eigenvalue weighted by atomic mass is 32.2. The van der Waals surface area contributed by atoms with Crippen LogP contribution in [0.5, 0.6) is 11.6 Å². The first-order chi connectivity index (χ1) is 13.4. The Hall–Kier alpha value is -2.86. The maximum atomic E-state index is 12.5. The molecule has 0 aliphatic rings. The van der Waals surface area contributed by atoms with E-state index in [9.17, 15) is 31.5 Å². The van der Waals surface area contributed by atoms with Gasteiger partial charge in [-0.05, 0) is 30.3 Å². The van der Waals surface area contributed by atoms with E-state index in [0.717, 1.165) is 29.8 Å². The summed E-state index contributed by atoms with van der Waals surface area (Å²) in [7, 11) is -2.79. The Morgan fingerprint density at radius 1 is 1.21 bits per heavy atom. The van der Waals surface area contributed by atoms with Crippen molar-refractivity contribution in [2.75, 3.05) is 24.2 Å². The molecule has 158 valence electrons. The molecule has 2 rings (SSSR count). The number of hydrogen-bond acceptors (Lipinski definition) is 7. The van der Waals surface area contributed by atoms with Crippen LogP contribution in [-0.4, -0.2) is 50.5 Å². The molecule has 12 heteroatoms. The summed E-state index contributed by atoms with van der Waals surface area (Å²) in [5.74, 6) is -0.901. The van der Waals surface area contributed by atoms with Gasteiger partial charge < -0.3 is 14.6 Å². The van der Waals surface area contributed by atoms with Gasteiger partial charge in [0.25, 0.3) is 0 Å². The van der Waals surface area contributed by atoms with E-state index in [2.05, 4.69) is 9.72 Å². The molecule has 29 heavy (non-hydrogen) atoms. The van der Waals surface area contributed by atoms with E-state index in [-0.39, 0.29) is 17.3 Å². The molecule has 0 radical (unpaired) electrons. The Morgan fingerprint density at radius 3 is 2.28 bits per heavy atom. The fraction of sp³-hybridized carbons (Fsp3) is 0.294. The minimum absolute atomic E-state index is 0.0909. The quantitative estimate of drug-likeness (QED) is 0.666. The number of halogens is 3. The minimum Gasteiger partial charge on any atom is -0.467 e. The Kier molecular flexibility index (Phi) is 6.69. The zero-order valence-corrected chi connectivity index (χ0v) is 16.1. The molecule has 1 atom stereocenters. The second-order valence-corrected chi connectivity index (χ2v) is 7.72. The van der Waals surface area contributed by atoms with E-state index in [1.165, 1.54) is 24.3 Å². The standard InChI is InChI=1S/C17H17F3N2O6S/c1-27-16(24)14(23)10-22(29(2,25)26)12-4-6-13(7-5-12)28-15-8-3-11(9-21-15)17(18,19)20/h3-9,14,23H,10H2,1-2H3/t14-/m0/s1. The number of rotatable bonds is 7. The van der Waals surface area contributed by atoms with Crippen LogP contribution >= 0.6 is 0 Å². The van der Waals surface area contributed by atoms with Crippen molar-refractivity contribution in [3.8, 4) is 11.6 Å². The first-order valence-electron chi connectivity index (χ1n) is 7.96. The van der Waals surface area contributed by atoms with Crippen LogP contribution in [0.15, 0.2) is 42.6 Å². The number of pyridine rings is 1. The molecule has 0 unspecified atom stereocenters. The molecular formula is C17H17F3N2O6S. The maximum Gasteiger partial charge on any atom is 0.417 e. The molecule has 2 aromatic rings. The van der Waals surface area contributed by atoms with E-state index in [1.54, 1.807) is 0 Å². The van der Waals surface area contributed by atoms with Crippen LogP contribution in [0.2, 0.25) is 0 Å². The summed E-state index contributed by atoms with van der Waals surface area (Å²) in [4.78, 5) is 14.9. The number of carbonyl (C=O) groups excluding carboxylic acids is 1. The van der Waals surface area contributed by atoms with Crippen LogP contribution in [-0.2, 0) is 25.7 Å². The molecule has 1 heterocycles. The van der Waals surface area contributed by atoms with Gasteiger partial charge in [-0.3, -0.25) is 4.31 Å². The fourth-order valence-electron chi connectivity index (χ4n) is 2.21. The van der Waals surface area contributed by atoms with Gasteiger partial charge in [-0.15, -0.1) is 0 Å². The molecular weight excluding hydrogens is 417 g/mol. The van der Waals surface area contributed by atoms with Crippen LogP contribution in [0.25, 0.3) is 0 Å². The Balaban J connectivity index is 2.17. The second-order valence-electron chi connectivity index (χ2n) is 5.81. The van der Waals surface area contributed by atoms with Gasteiger partial charge in [0.05, 0.1) is 31.2 Å². The summed E-state index contributed by atoms with van der Waals surface area (Å²) in [6.45, 7) is -0.563. The number of ether oxygens (including phenoxy) is 2. The SMILES string of the molecule is COC(=O)[C@@H](O)CN(c1ccc(Oc2ccc(C(F)(F)F)cn2)cc1)S(C)(=O)=O. The summed E-state index contributed by atoms with van der Waals surface area (Å²) < 4.78 is 72.1. The van der Waals surface area contributed by atoms with Crippen molar-refractivity contribution in [3.05, 3.63) is 48.2 Å².